The van der Waals surface area contributed by atoms with Gasteiger partial charge in [0.2, 0.25) is 0 Å². The van der Waals surface area contributed by atoms with Crippen LogP contribution in [-0.2, 0) is 0 Å². The predicted molar refractivity (Wildman–Crippen MR) is 79.3 cm³/mol. The van der Waals surface area contributed by atoms with Crippen molar-refractivity contribution in [3.05, 3.63) is 58.6 Å². The zero-order chi connectivity index (χ0) is 12.8. The van der Waals surface area contributed by atoms with E-state index in [0.29, 0.717) is 6.61 Å². The summed E-state index contributed by atoms with van der Waals surface area (Å²) in [4.78, 5) is 0. The Bertz CT molecular complexity index is 496. The minimum absolute atomic E-state index is 0.648. The van der Waals surface area contributed by atoms with E-state index < -0.39 is 0 Å². The average Bonchev–Trinajstić information content (AvgIpc) is 2.37. The lowest BCUT2D eigenvalue weighted by Gasteiger charge is -2.09. The van der Waals surface area contributed by atoms with Gasteiger partial charge in [0.1, 0.15) is 12.4 Å². The maximum absolute atomic E-state index is 5.63. The van der Waals surface area contributed by atoms with Gasteiger partial charge in [-0.3, -0.25) is 0 Å². The smallest absolute Gasteiger partial charge is 0.119 e. The standard InChI is InChI=1S/C15H16BrNO/c1-12-3-2-4-14(11-12)17-9-10-18-15-7-5-13(16)6-8-15/h2-8,11,17H,9-10H2,1H3. The fourth-order valence-corrected chi connectivity index (χ4v) is 1.91. The molecule has 2 rings (SSSR count). The molecular weight excluding hydrogens is 290 g/mol. The fraction of sp³-hybridized carbons (Fsp3) is 0.200. The molecule has 1 N–H and O–H groups in total. The Morgan fingerprint density at radius 1 is 1.11 bits per heavy atom. The van der Waals surface area contributed by atoms with Gasteiger partial charge in [0, 0.05) is 16.7 Å². The molecule has 0 aliphatic heterocycles. The third-order valence-corrected chi connectivity index (χ3v) is 3.06. The van der Waals surface area contributed by atoms with Crippen LogP contribution < -0.4 is 10.1 Å². The number of anilines is 1. The van der Waals surface area contributed by atoms with Crippen LogP contribution in [0.3, 0.4) is 0 Å². The van der Waals surface area contributed by atoms with Crippen LogP contribution in [0.5, 0.6) is 5.75 Å². The molecule has 2 aromatic rings. The van der Waals surface area contributed by atoms with Crippen molar-refractivity contribution in [2.75, 3.05) is 18.5 Å². The van der Waals surface area contributed by atoms with Crippen LogP contribution in [0.25, 0.3) is 0 Å². The van der Waals surface area contributed by atoms with Crippen molar-refractivity contribution in [1.29, 1.82) is 0 Å². The fourth-order valence-electron chi connectivity index (χ4n) is 1.65. The number of hydrogen-bond donors (Lipinski definition) is 1. The quantitative estimate of drug-likeness (QED) is 0.834. The highest BCUT2D eigenvalue weighted by Gasteiger charge is 1.95. The summed E-state index contributed by atoms with van der Waals surface area (Å²) in [6.45, 7) is 3.53. The monoisotopic (exact) mass is 305 g/mol. The van der Waals surface area contributed by atoms with E-state index in [1.165, 1.54) is 5.56 Å². The van der Waals surface area contributed by atoms with E-state index in [2.05, 4.69) is 46.4 Å². The lowest BCUT2D eigenvalue weighted by Crippen LogP contribution is -2.11. The van der Waals surface area contributed by atoms with Crippen molar-refractivity contribution in [3.8, 4) is 5.75 Å². The van der Waals surface area contributed by atoms with Crippen LogP contribution in [0.2, 0.25) is 0 Å². The lowest BCUT2D eigenvalue weighted by molar-refractivity contribution is 0.333. The van der Waals surface area contributed by atoms with Gasteiger partial charge in [-0.2, -0.15) is 0 Å². The first-order chi connectivity index (χ1) is 8.74. The minimum Gasteiger partial charge on any atom is -0.492 e. The molecule has 2 nitrogen and oxygen atoms in total. The Morgan fingerprint density at radius 2 is 1.89 bits per heavy atom. The Balaban J connectivity index is 1.74. The predicted octanol–water partition coefficient (Wildman–Crippen LogP) is 4.25. The van der Waals surface area contributed by atoms with Crippen molar-refractivity contribution in [3.63, 3.8) is 0 Å². The minimum atomic E-state index is 0.648. The number of rotatable bonds is 5. The van der Waals surface area contributed by atoms with Crippen LogP contribution in [0.4, 0.5) is 5.69 Å². The molecule has 0 aliphatic rings. The molecule has 0 spiro atoms. The summed E-state index contributed by atoms with van der Waals surface area (Å²) in [5, 5.41) is 3.33. The SMILES string of the molecule is Cc1cccc(NCCOc2ccc(Br)cc2)c1. The topological polar surface area (TPSA) is 21.3 Å². The molecule has 0 radical (unpaired) electrons. The van der Waals surface area contributed by atoms with E-state index in [9.17, 15) is 0 Å². The second-order valence-electron chi connectivity index (χ2n) is 4.10. The van der Waals surface area contributed by atoms with Crippen molar-refractivity contribution in [2.45, 2.75) is 6.92 Å². The lowest BCUT2D eigenvalue weighted by atomic mass is 10.2. The second-order valence-corrected chi connectivity index (χ2v) is 5.01. The Morgan fingerprint density at radius 3 is 2.61 bits per heavy atom. The van der Waals surface area contributed by atoms with E-state index >= 15 is 0 Å². The number of aryl methyl sites for hydroxylation is 1. The van der Waals surface area contributed by atoms with Gasteiger partial charge < -0.3 is 10.1 Å². The van der Waals surface area contributed by atoms with Crippen molar-refractivity contribution < 1.29 is 4.74 Å². The molecule has 0 fully saturated rings. The molecule has 0 aliphatic carbocycles. The largest absolute Gasteiger partial charge is 0.492 e. The third-order valence-electron chi connectivity index (χ3n) is 2.53. The van der Waals surface area contributed by atoms with E-state index in [-0.39, 0.29) is 0 Å². The van der Waals surface area contributed by atoms with Crippen molar-refractivity contribution >= 4 is 21.6 Å². The first kappa shape index (κ1) is 13.0. The molecule has 0 heterocycles. The van der Waals surface area contributed by atoms with E-state index in [0.717, 1.165) is 22.5 Å². The summed E-state index contributed by atoms with van der Waals surface area (Å²) in [5.41, 5.74) is 2.39. The molecule has 0 unspecified atom stereocenters. The summed E-state index contributed by atoms with van der Waals surface area (Å²) >= 11 is 3.40. The van der Waals surface area contributed by atoms with Gasteiger partial charge in [-0.15, -0.1) is 0 Å². The first-order valence-electron chi connectivity index (χ1n) is 5.93. The normalized spacial score (nSPS) is 10.1. The maximum Gasteiger partial charge on any atom is 0.119 e. The van der Waals surface area contributed by atoms with Gasteiger partial charge in [-0.1, -0.05) is 28.1 Å². The number of nitrogens with one attached hydrogen (secondary N) is 1. The Labute approximate surface area is 116 Å². The van der Waals surface area contributed by atoms with E-state index in [4.69, 9.17) is 4.74 Å². The number of ether oxygens (including phenoxy) is 1. The van der Waals surface area contributed by atoms with Gasteiger partial charge in [0.05, 0.1) is 0 Å². The summed E-state index contributed by atoms with van der Waals surface area (Å²) in [7, 11) is 0. The van der Waals surface area contributed by atoms with E-state index in [1.807, 2.05) is 30.3 Å². The van der Waals surface area contributed by atoms with Crippen molar-refractivity contribution in [2.24, 2.45) is 0 Å². The average molecular weight is 306 g/mol. The molecule has 0 amide bonds. The second kappa shape index (κ2) is 6.45. The number of hydrogen-bond acceptors (Lipinski definition) is 2. The van der Waals surface area contributed by atoms with Crippen molar-refractivity contribution in [1.82, 2.24) is 0 Å². The molecule has 0 saturated carbocycles. The zero-order valence-electron chi connectivity index (χ0n) is 10.3. The maximum atomic E-state index is 5.63. The van der Waals surface area contributed by atoms with Crippen LogP contribution in [0.15, 0.2) is 53.0 Å². The van der Waals surface area contributed by atoms with Gasteiger partial charge in [0.25, 0.3) is 0 Å². The highest BCUT2D eigenvalue weighted by atomic mass is 79.9. The molecule has 18 heavy (non-hydrogen) atoms. The first-order valence-corrected chi connectivity index (χ1v) is 6.72. The van der Waals surface area contributed by atoms with Gasteiger partial charge in [-0.05, 0) is 48.9 Å². The highest BCUT2D eigenvalue weighted by molar-refractivity contribution is 9.10. The number of halogens is 1. The highest BCUT2D eigenvalue weighted by Crippen LogP contribution is 2.16. The van der Waals surface area contributed by atoms with E-state index in [1.54, 1.807) is 0 Å². The molecular formula is C15H16BrNO. The third kappa shape index (κ3) is 4.08. The summed E-state index contributed by atoms with van der Waals surface area (Å²) < 4.78 is 6.69. The summed E-state index contributed by atoms with van der Waals surface area (Å²) in [5.74, 6) is 0.893. The molecule has 2 aromatic carbocycles. The molecule has 94 valence electrons. The van der Waals surface area contributed by atoms with Crippen LogP contribution in [0, 0.1) is 6.92 Å². The van der Waals surface area contributed by atoms with Gasteiger partial charge in [0.15, 0.2) is 0 Å². The molecule has 0 aromatic heterocycles. The van der Waals surface area contributed by atoms with Crippen LogP contribution in [0.1, 0.15) is 5.56 Å². The number of benzene rings is 2. The molecule has 0 saturated heterocycles. The molecule has 0 atom stereocenters. The zero-order valence-corrected chi connectivity index (χ0v) is 11.9. The Hall–Kier alpha value is -1.48. The summed E-state index contributed by atoms with van der Waals surface area (Å²) in [6, 6.07) is 16.2. The molecule has 0 bridgehead atoms. The molecule has 3 heteroatoms. The summed E-state index contributed by atoms with van der Waals surface area (Å²) in [6.07, 6.45) is 0. The van der Waals surface area contributed by atoms with Gasteiger partial charge >= 0.3 is 0 Å². The van der Waals surface area contributed by atoms with Crippen LogP contribution >= 0.6 is 15.9 Å². The van der Waals surface area contributed by atoms with Crippen LogP contribution in [-0.4, -0.2) is 13.2 Å². The van der Waals surface area contributed by atoms with Gasteiger partial charge in [-0.25, -0.2) is 0 Å². The Kier molecular flexibility index (Phi) is 4.65.